The van der Waals surface area contributed by atoms with Gasteiger partial charge in [0.15, 0.2) is 0 Å². The zero-order chi connectivity index (χ0) is 18.5. The Morgan fingerprint density at radius 2 is 1.46 bits per heavy atom. The summed E-state index contributed by atoms with van der Waals surface area (Å²) in [4.78, 5) is 36.5. The van der Waals surface area contributed by atoms with Crippen LogP contribution in [0.1, 0.15) is 51.9 Å². The van der Waals surface area contributed by atoms with E-state index in [0.717, 1.165) is 0 Å². The Balaban J connectivity index is 3.04. The molecule has 0 N–H and O–H groups in total. The van der Waals surface area contributed by atoms with Gasteiger partial charge in [-0.05, 0) is 65.8 Å². The lowest BCUT2D eigenvalue weighted by atomic mass is 10.2. The first-order chi connectivity index (χ1) is 10.9. The Morgan fingerprint density at radius 1 is 0.958 bits per heavy atom. The third-order valence-corrected chi connectivity index (χ3v) is 2.66. The maximum Gasteiger partial charge on any atom is 0.415 e. The Hall–Kier alpha value is -2.37. The molecule has 0 saturated carbocycles. The van der Waals surface area contributed by atoms with Crippen molar-refractivity contribution in [3.63, 3.8) is 0 Å². The van der Waals surface area contributed by atoms with E-state index in [2.05, 4.69) is 0 Å². The number of anilines is 1. The second-order valence-electron chi connectivity index (χ2n) is 7.36. The molecule has 0 bridgehead atoms. The number of benzene rings is 1. The van der Waals surface area contributed by atoms with Gasteiger partial charge in [-0.25, -0.2) is 4.79 Å². The number of amides is 1. The zero-order valence-corrected chi connectivity index (χ0v) is 15.1. The van der Waals surface area contributed by atoms with Crippen molar-refractivity contribution >= 4 is 24.0 Å². The molecule has 0 saturated heterocycles. The first-order valence-electron chi connectivity index (χ1n) is 7.69. The maximum absolute atomic E-state index is 12.4. The molecular formula is C18H25NO5. The van der Waals surface area contributed by atoms with Crippen LogP contribution < -0.4 is 4.90 Å². The van der Waals surface area contributed by atoms with Gasteiger partial charge < -0.3 is 9.47 Å². The van der Waals surface area contributed by atoms with E-state index in [4.69, 9.17) is 9.47 Å². The third kappa shape index (κ3) is 6.81. The number of carbonyl (C=O) groups is 3. The van der Waals surface area contributed by atoms with Gasteiger partial charge >= 0.3 is 12.1 Å². The molecule has 1 aromatic rings. The molecule has 0 heterocycles. The van der Waals surface area contributed by atoms with Crippen LogP contribution in [-0.4, -0.2) is 36.1 Å². The van der Waals surface area contributed by atoms with Crippen LogP contribution >= 0.6 is 0 Å². The molecule has 0 unspecified atom stereocenters. The number of ether oxygens (including phenoxy) is 2. The van der Waals surface area contributed by atoms with Crippen molar-refractivity contribution in [1.82, 2.24) is 0 Å². The van der Waals surface area contributed by atoms with Crippen molar-refractivity contribution in [3.8, 4) is 0 Å². The number of rotatable bonds is 4. The molecule has 0 spiro atoms. The topological polar surface area (TPSA) is 72.9 Å². The van der Waals surface area contributed by atoms with Crippen LogP contribution in [0.25, 0.3) is 0 Å². The Bertz CT molecular complexity index is 593. The molecule has 132 valence electrons. The predicted octanol–water partition coefficient (Wildman–Crippen LogP) is 3.58. The minimum Gasteiger partial charge on any atom is -0.459 e. The highest BCUT2D eigenvalue weighted by Gasteiger charge is 2.27. The van der Waals surface area contributed by atoms with Gasteiger partial charge in [0.05, 0.1) is 0 Å². The van der Waals surface area contributed by atoms with Crippen molar-refractivity contribution in [2.75, 3.05) is 11.4 Å². The largest absolute Gasteiger partial charge is 0.459 e. The van der Waals surface area contributed by atoms with Crippen LogP contribution in [0.15, 0.2) is 24.3 Å². The number of hydrogen-bond acceptors (Lipinski definition) is 5. The second-order valence-corrected chi connectivity index (χ2v) is 7.36. The molecule has 0 fully saturated rings. The molecule has 0 aliphatic heterocycles. The fourth-order valence-electron chi connectivity index (χ4n) is 1.81. The van der Waals surface area contributed by atoms with Gasteiger partial charge in [0, 0.05) is 11.3 Å². The molecule has 0 radical (unpaired) electrons. The summed E-state index contributed by atoms with van der Waals surface area (Å²) >= 11 is 0. The smallest absolute Gasteiger partial charge is 0.415 e. The molecule has 0 aliphatic rings. The van der Waals surface area contributed by atoms with E-state index in [-0.39, 0.29) is 6.54 Å². The first kappa shape index (κ1) is 19.7. The summed E-state index contributed by atoms with van der Waals surface area (Å²) in [5.41, 5.74) is -0.440. The Morgan fingerprint density at radius 3 is 1.88 bits per heavy atom. The molecule has 1 rings (SSSR count). The summed E-state index contributed by atoms with van der Waals surface area (Å²) in [6, 6.07) is 6.29. The van der Waals surface area contributed by atoms with Gasteiger partial charge in [0.1, 0.15) is 24.0 Å². The number of hydrogen-bond donors (Lipinski definition) is 0. The van der Waals surface area contributed by atoms with Gasteiger partial charge in [-0.2, -0.15) is 0 Å². The molecule has 1 amide bonds. The third-order valence-electron chi connectivity index (χ3n) is 2.66. The van der Waals surface area contributed by atoms with Crippen molar-refractivity contribution < 1.29 is 23.9 Å². The van der Waals surface area contributed by atoms with Crippen LogP contribution in [0.3, 0.4) is 0 Å². The molecule has 1 aromatic carbocycles. The van der Waals surface area contributed by atoms with E-state index in [1.807, 2.05) is 0 Å². The van der Waals surface area contributed by atoms with Crippen molar-refractivity contribution in [2.45, 2.75) is 52.7 Å². The fourth-order valence-corrected chi connectivity index (χ4v) is 1.81. The van der Waals surface area contributed by atoms with Crippen LogP contribution in [0, 0.1) is 0 Å². The normalized spacial score (nSPS) is 11.6. The predicted molar refractivity (Wildman–Crippen MR) is 91.3 cm³/mol. The van der Waals surface area contributed by atoms with Crippen LogP contribution in [-0.2, 0) is 14.3 Å². The maximum atomic E-state index is 12.4. The van der Waals surface area contributed by atoms with Crippen molar-refractivity contribution in [3.05, 3.63) is 29.8 Å². The SMILES string of the molecule is CC(C)(C)OC(=O)CN(C(=O)OC(C)(C)C)c1ccc(C=O)cc1. The summed E-state index contributed by atoms with van der Waals surface area (Å²) in [7, 11) is 0. The van der Waals surface area contributed by atoms with Crippen LogP contribution in [0.5, 0.6) is 0 Å². The van der Waals surface area contributed by atoms with Crippen molar-refractivity contribution in [2.24, 2.45) is 0 Å². The molecule has 6 heteroatoms. The van der Waals surface area contributed by atoms with Gasteiger partial charge in [0.25, 0.3) is 0 Å². The average Bonchev–Trinajstić information content (AvgIpc) is 2.41. The quantitative estimate of drug-likeness (QED) is 0.621. The lowest BCUT2D eigenvalue weighted by Gasteiger charge is -2.28. The lowest BCUT2D eigenvalue weighted by molar-refractivity contribution is -0.153. The number of carbonyl (C=O) groups excluding carboxylic acids is 3. The molecular weight excluding hydrogens is 310 g/mol. The molecule has 24 heavy (non-hydrogen) atoms. The van der Waals surface area contributed by atoms with Crippen molar-refractivity contribution in [1.29, 1.82) is 0 Å². The van der Waals surface area contributed by atoms with E-state index in [0.29, 0.717) is 17.5 Å². The summed E-state index contributed by atoms with van der Waals surface area (Å²) in [5, 5.41) is 0. The molecule has 0 atom stereocenters. The monoisotopic (exact) mass is 335 g/mol. The Kier molecular flexibility index (Phi) is 6.12. The van der Waals surface area contributed by atoms with E-state index in [1.165, 1.54) is 4.90 Å². The van der Waals surface area contributed by atoms with Gasteiger partial charge in [-0.15, -0.1) is 0 Å². The minimum absolute atomic E-state index is 0.285. The summed E-state index contributed by atoms with van der Waals surface area (Å²) in [5.74, 6) is -0.548. The highest BCUT2D eigenvalue weighted by Crippen LogP contribution is 2.19. The van der Waals surface area contributed by atoms with E-state index >= 15 is 0 Å². The van der Waals surface area contributed by atoms with E-state index in [1.54, 1.807) is 65.8 Å². The minimum atomic E-state index is -0.702. The molecule has 6 nitrogen and oxygen atoms in total. The second kappa shape index (κ2) is 7.47. The van der Waals surface area contributed by atoms with E-state index < -0.39 is 23.3 Å². The Labute approximate surface area is 142 Å². The first-order valence-corrected chi connectivity index (χ1v) is 7.69. The van der Waals surface area contributed by atoms with Crippen LogP contribution in [0.4, 0.5) is 10.5 Å². The van der Waals surface area contributed by atoms with Gasteiger partial charge in [-0.3, -0.25) is 14.5 Å². The molecule has 0 aliphatic carbocycles. The van der Waals surface area contributed by atoms with Crippen LogP contribution in [0.2, 0.25) is 0 Å². The van der Waals surface area contributed by atoms with Gasteiger partial charge in [0.2, 0.25) is 0 Å². The summed E-state index contributed by atoms with van der Waals surface area (Å²) in [6.07, 6.45) is 0.0438. The number of aldehydes is 1. The lowest BCUT2D eigenvalue weighted by Crippen LogP contribution is -2.41. The zero-order valence-electron chi connectivity index (χ0n) is 15.1. The fraction of sp³-hybridized carbons (Fsp3) is 0.500. The van der Waals surface area contributed by atoms with Gasteiger partial charge in [-0.1, -0.05) is 0 Å². The number of esters is 1. The average molecular weight is 335 g/mol. The highest BCUT2D eigenvalue weighted by molar-refractivity contribution is 5.94. The highest BCUT2D eigenvalue weighted by atomic mass is 16.6. The summed E-state index contributed by atoms with van der Waals surface area (Å²) in [6.45, 7) is 10.2. The van der Waals surface area contributed by atoms with E-state index in [9.17, 15) is 14.4 Å². The summed E-state index contributed by atoms with van der Waals surface area (Å²) < 4.78 is 10.6. The number of nitrogens with zero attached hydrogens (tertiary/aromatic N) is 1. The molecule has 0 aromatic heterocycles. The standard InChI is InChI=1S/C18H25NO5/c1-17(2,3)23-15(21)11-19(16(22)24-18(4,5)6)14-9-7-13(12-20)8-10-14/h7-10,12H,11H2,1-6H3.